The largest absolute Gasteiger partial charge is 0.443 e. The van der Waals surface area contributed by atoms with Gasteiger partial charge in [0.15, 0.2) is 0 Å². The normalized spacial score (nSPS) is 16.4. The maximum Gasteiger partial charge on any atom is 0.418 e. The maximum atomic E-state index is 13.2. The van der Waals surface area contributed by atoms with Crippen molar-refractivity contribution in [3.63, 3.8) is 0 Å². The highest BCUT2D eigenvalue weighted by atomic mass is 16.6. The Labute approximate surface area is 223 Å². The lowest BCUT2D eigenvalue weighted by molar-refractivity contribution is 0.0220. The van der Waals surface area contributed by atoms with Gasteiger partial charge < -0.3 is 15.0 Å². The highest BCUT2D eigenvalue weighted by Gasteiger charge is 2.35. The van der Waals surface area contributed by atoms with Crippen LogP contribution in [-0.2, 0) is 17.7 Å². The van der Waals surface area contributed by atoms with E-state index in [4.69, 9.17) is 4.74 Å². The van der Waals surface area contributed by atoms with Gasteiger partial charge in [0, 0.05) is 43.4 Å². The summed E-state index contributed by atoms with van der Waals surface area (Å²) in [5, 5.41) is 12.5. The summed E-state index contributed by atoms with van der Waals surface area (Å²) >= 11 is 0. The number of fused-ring (bicyclic) bond motifs is 1. The van der Waals surface area contributed by atoms with Gasteiger partial charge in [-0.25, -0.2) is 14.5 Å². The minimum Gasteiger partial charge on any atom is -0.443 e. The monoisotopic (exact) mass is 517 g/mol. The molecule has 1 saturated carbocycles. The zero-order chi connectivity index (χ0) is 27.4. The van der Waals surface area contributed by atoms with Crippen molar-refractivity contribution < 1.29 is 19.1 Å². The number of nitriles is 1. The molecule has 9 heteroatoms. The average Bonchev–Trinajstić information content (AvgIpc) is 3.16. The number of imide groups is 1. The molecule has 0 radical (unpaired) electrons. The molecule has 4 amide bonds. The van der Waals surface area contributed by atoms with Crippen LogP contribution in [0.5, 0.6) is 0 Å². The molecule has 1 aliphatic heterocycles. The molecule has 1 unspecified atom stereocenters. The highest BCUT2D eigenvalue weighted by Crippen LogP contribution is 2.27. The molecule has 0 bridgehead atoms. The van der Waals surface area contributed by atoms with Crippen molar-refractivity contribution in [1.29, 1.82) is 5.26 Å². The van der Waals surface area contributed by atoms with Crippen molar-refractivity contribution in [2.45, 2.75) is 83.5 Å². The molecule has 1 aromatic heterocycles. The number of carbonyl (C=O) groups excluding carboxylic acids is 3. The van der Waals surface area contributed by atoms with Gasteiger partial charge in [-0.15, -0.1) is 0 Å². The van der Waals surface area contributed by atoms with Crippen LogP contribution in [0.15, 0.2) is 36.5 Å². The van der Waals surface area contributed by atoms with E-state index < -0.39 is 23.8 Å². The van der Waals surface area contributed by atoms with E-state index in [0.717, 1.165) is 54.4 Å². The summed E-state index contributed by atoms with van der Waals surface area (Å²) in [7, 11) is 1.75. The van der Waals surface area contributed by atoms with Crippen LogP contribution in [0.3, 0.4) is 0 Å². The lowest BCUT2D eigenvalue weighted by Crippen LogP contribution is -2.53. The van der Waals surface area contributed by atoms with Crippen LogP contribution in [0.2, 0.25) is 0 Å². The van der Waals surface area contributed by atoms with Gasteiger partial charge >= 0.3 is 12.1 Å². The van der Waals surface area contributed by atoms with E-state index in [9.17, 15) is 19.6 Å². The lowest BCUT2D eigenvalue weighted by Gasteiger charge is -2.34. The maximum absolute atomic E-state index is 13.2. The molecule has 2 aliphatic rings. The minimum absolute atomic E-state index is 0.0692. The molecule has 1 N–H and O–H groups in total. The second-order valence-corrected chi connectivity index (χ2v) is 11.1. The number of hydrogen-bond acceptors (Lipinski definition) is 6. The molecule has 200 valence electrons. The van der Waals surface area contributed by atoms with Gasteiger partial charge in [-0.1, -0.05) is 43.5 Å². The first kappa shape index (κ1) is 27.1. The van der Waals surface area contributed by atoms with Crippen molar-refractivity contribution in [2.75, 3.05) is 7.05 Å². The Morgan fingerprint density at radius 1 is 1.18 bits per heavy atom. The number of nitrogens with one attached hydrogen (secondary N) is 1. The number of amides is 4. The van der Waals surface area contributed by atoms with Crippen molar-refractivity contribution in [2.24, 2.45) is 0 Å². The summed E-state index contributed by atoms with van der Waals surface area (Å²) in [6.45, 7) is 5.83. The van der Waals surface area contributed by atoms with E-state index in [0.29, 0.717) is 12.2 Å². The van der Waals surface area contributed by atoms with Crippen molar-refractivity contribution in [3.8, 4) is 17.2 Å². The number of urea groups is 1. The van der Waals surface area contributed by atoms with Gasteiger partial charge in [0.25, 0.3) is 5.91 Å². The van der Waals surface area contributed by atoms with E-state index in [2.05, 4.69) is 16.4 Å². The first-order chi connectivity index (χ1) is 18.1. The van der Waals surface area contributed by atoms with Gasteiger partial charge in [-0.3, -0.25) is 9.78 Å². The van der Waals surface area contributed by atoms with Crippen molar-refractivity contribution >= 4 is 18.0 Å². The second-order valence-electron chi connectivity index (χ2n) is 11.1. The first-order valence-electron chi connectivity index (χ1n) is 13.1. The Hall–Kier alpha value is -3.93. The van der Waals surface area contributed by atoms with E-state index in [1.54, 1.807) is 38.9 Å². The Morgan fingerprint density at radius 3 is 2.50 bits per heavy atom. The average molecular weight is 518 g/mol. The number of pyridine rings is 1. The van der Waals surface area contributed by atoms with Gasteiger partial charge in [-0.05, 0) is 50.8 Å². The highest BCUT2D eigenvalue weighted by molar-refractivity contribution is 5.96. The number of aromatic nitrogens is 1. The van der Waals surface area contributed by atoms with E-state index in [1.165, 1.54) is 4.90 Å². The fourth-order valence-corrected chi connectivity index (χ4v) is 4.95. The van der Waals surface area contributed by atoms with Crippen LogP contribution in [0.25, 0.3) is 11.1 Å². The second kappa shape index (κ2) is 11.2. The number of hydrogen-bond donors (Lipinski definition) is 1. The van der Waals surface area contributed by atoms with Gasteiger partial charge in [0.2, 0.25) is 0 Å². The minimum atomic E-state index is -0.815. The van der Waals surface area contributed by atoms with Gasteiger partial charge in [0.05, 0.1) is 6.07 Å². The summed E-state index contributed by atoms with van der Waals surface area (Å²) in [4.78, 5) is 45.4. The van der Waals surface area contributed by atoms with Crippen LogP contribution >= 0.6 is 0 Å². The van der Waals surface area contributed by atoms with Crippen LogP contribution in [0, 0.1) is 11.3 Å². The molecule has 4 rings (SSSR count). The Kier molecular flexibility index (Phi) is 8.00. The molecule has 2 heterocycles. The topological polar surface area (TPSA) is 116 Å². The Morgan fingerprint density at radius 2 is 1.87 bits per heavy atom. The summed E-state index contributed by atoms with van der Waals surface area (Å²) in [6, 6.07) is 10.2. The molecule has 1 fully saturated rings. The molecule has 38 heavy (non-hydrogen) atoms. The standard InChI is InChI=1S/C29H35N5O4/c1-29(2,3)38-28(37)34(24-8-6-5-7-9-24)27(36)32-23(16-30)14-19-10-12-20(13-11-19)21-15-22-18-33(4)26(35)25(22)31-17-21/h10-13,15,17,23-24H,5-9,14,18H2,1-4H3,(H,32,36). The third-order valence-corrected chi connectivity index (χ3v) is 6.85. The molecule has 0 saturated heterocycles. The molecular formula is C29H35N5O4. The summed E-state index contributed by atoms with van der Waals surface area (Å²) in [6.07, 6.45) is 5.72. The summed E-state index contributed by atoms with van der Waals surface area (Å²) in [5.74, 6) is -0.0692. The number of ether oxygens (including phenoxy) is 1. The van der Waals surface area contributed by atoms with Gasteiger partial charge in [-0.2, -0.15) is 5.26 Å². The molecule has 1 aromatic carbocycles. The molecule has 2 aromatic rings. The predicted molar refractivity (Wildman–Crippen MR) is 142 cm³/mol. The molecular weight excluding hydrogens is 482 g/mol. The van der Waals surface area contributed by atoms with E-state index >= 15 is 0 Å². The SMILES string of the molecule is CN1Cc2cc(-c3ccc(CC(C#N)NC(=O)N(C(=O)OC(C)(C)C)C4CCCCC4)cc3)cnc2C1=O. The van der Waals surface area contributed by atoms with E-state index in [-0.39, 0.29) is 18.4 Å². The Bertz CT molecular complexity index is 1240. The molecule has 1 atom stereocenters. The van der Waals surface area contributed by atoms with E-state index in [1.807, 2.05) is 30.3 Å². The van der Waals surface area contributed by atoms with Crippen molar-refractivity contribution in [3.05, 3.63) is 53.3 Å². The molecule has 9 nitrogen and oxygen atoms in total. The van der Waals surface area contributed by atoms with Crippen molar-refractivity contribution in [1.82, 2.24) is 20.1 Å². The third kappa shape index (κ3) is 6.31. The third-order valence-electron chi connectivity index (χ3n) is 6.85. The Balaban J connectivity index is 1.43. The summed E-state index contributed by atoms with van der Waals surface area (Å²) in [5.41, 5.74) is 3.38. The van der Waals surface area contributed by atoms with Crippen LogP contribution < -0.4 is 5.32 Å². The fraction of sp³-hybridized carbons (Fsp3) is 0.483. The lowest BCUT2D eigenvalue weighted by atomic mass is 9.94. The fourth-order valence-electron chi connectivity index (χ4n) is 4.95. The number of rotatable bonds is 5. The number of carbonyl (C=O) groups is 3. The zero-order valence-corrected chi connectivity index (χ0v) is 22.5. The predicted octanol–water partition coefficient (Wildman–Crippen LogP) is 5.05. The quantitative estimate of drug-likeness (QED) is 0.594. The molecule has 1 aliphatic carbocycles. The zero-order valence-electron chi connectivity index (χ0n) is 22.5. The van der Waals surface area contributed by atoms with Gasteiger partial charge in [0.1, 0.15) is 17.3 Å². The van der Waals surface area contributed by atoms with Crippen LogP contribution in [-0.4, -0.2) is 57.5 Å². The number of nitrogens with zero attached hydrogens (tertiary/aromatic N) is 4. The summed E-state index contributed by atoms with van der Waals surface area (Å²) < 4.78 is 5.52. The first-order valence-corrected chi connectivity index (χ1v) is 13.1. The number of benzene rings is 1. The van der Waals surface area contributed by atoms with Crippen LogP contribution in [0.4, 0.5) is 9.59 Å². The smallest absolute Gasteiger partial charge is 0.418 e. The van der Waals surface area contributed by atoms with Crippen LogP contribution in [0.1, 0.15) is 74.5 Å². The molecule has 0 spiro atoms.